The smallest absolute Gasteiger partial charge is 0.289 e. The van der Waals surface area contributed by atoms with Crippen LogP contribution in [0.1, 0.15) is 9.80 Å². The summed E-state index contributed by atoms with van der Waals surface area (Å²) in [4.78, 5) is 19.0. The largest absolute Gasteiger partial charge is 0.374 e. The quantitative estimate of drug-likeness (QED) is 0.642. The molecule has 0 aliphatic heterocycles. The summed E-state index contributed by atoms with van der Waals surface area (Å²) in [5.41, 5.74) is 7.05. The third kappa shape index (κ3) is 1.89. The van der Waals surface area contributed by atoms with Crippen LogP contribution in [0.3, 0.4) is 0 Å². The maximum absolute atomic E-state index is 11.8. The first kappa shape index (κ1) is 10.7. The number of hydrogen-bond donors (Lipinski definition) is 3. The summed E-state index contributed by atoms with van der Waals surface area (Å²) < 4.78 is 0. The van der Waals surface area contributed by atoms with Crippen LogP contribution in [-0.4, -0.2) is 26.1 Å². The topological polar surface area (TPSA) is 110 Å². The molecule has 1 aromatic carbocycles. The van der Waals surface area contributed by atoms with Crippen LogP contribution in [0.4, 0.5) is 11.1 Å². The third-order valence-electron chi connectivity index (χ3n) is 2.26. The first-order valence-electron chi connectivity index (χ1n) is 5.07. The number of aromatic nitrogens is 4. The molecule has 0 saturated carbocycles. The Bertz CT molecular complexity index is 685. The Kier molecular flexibility index (Phi) is 2.41. The summed E-state index contributed by atoms with van der Waals surface area (Å²) in [7, 11) is 0. The van der Waals surface area contributed by atoms with Gasteiger partial charge in [-0.3, -0.25) is 10.1 Å². The van der Waals surface area contributed by atoms with E-state index in [0.29, 0.717) is 5.95 Å². The average Bonchev–Trinajstić information content (AvgIpc) is 2.94. The van der Waals surface area contributed by atoms with Crippen LogP contribution < -0.4 is 11.1 Å². The van der Waals surface area contributed by atoms with Crippen LogP contribution in [0.25, 0.3) is 11.0 Å². The predicted molar refractivity (Wildman–Crippen MR) is 68.4 cm³/mol. The highest BCUT2D eigenvalue weighted by Crippen LogP contribution is 2.16. The van der Waals surface area contributed by atoms with Crippen molar-refractivity contribution in [3.8, 4) is 0 Å². The van der Waals surface area contributed by atoms with Crippen LogP contribution in [0.5, 0.6) is 0 Å². The van der Waals surface area contributed by atoms with E-state index < -0.39 is 0 Å². The second kappa shape index (κ2) is 4.08. The number of amides is 1. The Hall–Kier alpha value is -2.48. The second-order valence-electron chi connectivity index (χ2n) is 3.50. The number of nitrogen functional groups attached to an aromatic ring is 1. The molecule has 0 bridgehead atoms. The van der Waals surface area contributed by atoms with Crippen LogP contribution in [-0.2, 0) is 0 Å². The Morgan fingerprint density at radius 2 is 2.17 bits per heavy atom. The number of nitrogens with two attached hydrogens (primary N) is 1. The number of H-pyrrole nitrogens is 1. The third-order valence-corrected chi connectivity index (χ3v) is 3.01. The maximum Gasteiger partial charge on any atom is 0.289 e. The number of aromatic amines is 1. The van der Waals surface area contributed by atoms with Crippen LogP contribution in [0, 0.1) is 0 Å². The minimum atomic E-state index is -0.386. The van der Waals surface area contributed by atoms with Gasteiger partial charge < -0.3 is 10.7 Å². The zero-order valence-corrected chi connectivity index (χ0v) is 9.86. The minimum Gasteiger partial charge on any atom is -0.374 e. The summed E-state index contributed by atoms with van der Waals surface area (Å²) in [5.74, 6) is -0.0155. The molecule has 0 radical (unpaired) electrons. The molecule has 0 aliphatic rings. The molecule has 4 N–H and O–H groups in total. The molecule has 3 aromatic rings. The summed E-state index contributed by atoms with van der Waals surface area (Å²) in [6.45, 7) is 0. The Morgan fingerprint density at radius 3 is 2.89 bits per heavy atom. The number of nitrogens with one attached hydrogen (secondary N) is 2. The summed E-state index contributed by atoms with van der Waals surface area (Å²) in [6, 6.07) is 7.49. The Morgan fingerprint density at radius 1 is 1.33 bits per heavy atom. The zero-order valence-electron chi connectivity index (χ0n) is 9.04. The predicted octanol–water partition coefficient (Wildman–Crippen LogP) is 1.25. The number of rotatable bonds is 2. The lowest BCUT2D eigenvalue weighted by atomic mass is 10.3. The van der Waals surface area contributed by atoms with Gasteiger partial charge in [0.05, 0.1) is 11.0 Å². The average molecular weight is 260 g/mol. The molecule has 0 spiro atoms. The van der Waals surface area contributed by atoms with Gasteiger partial charge >= 0.3 is 0 Å². The number of anilines is 2. The number of nitrogens with zero attached hydrogens (tertiary/aromatic N) is 3. The summed E-state index contributed by atoms with van der Waals surface area (Å²) in [6.07, 6.45) is 0. The molecule has 2 aromatic heterocycles. The molecule has 1 amide bonds. The van der Waals surface area contributed by atoms with E-state index in [1.807, 2.05) is 24.3 Å². The molecule has 0 unspecified atom stereocenters. The van der Waals surface area contributed by atoms with Gasteiger partial charge in [-0.25, -0.2) is 4.98 Å². The highest BCUT2D eigenvalue weighted by atomic mass is 32.1. The van der Waals surface area contributed by atoms with E-state index in [2.05, 4.69) is 25.5 Å². The van der Waals surface area contributed by atoms with E-state index in [0.717, 1.165) is 22.4 Å². The SMILES string of the molecule is Nc1nnc(C(=O)Nc2nc3ccccc3[nH]2)s1. The normalized spacial score (nSPS) is 10.7. The van der Waals surface area contributed by atoms with Gasteiger partial charge in [-0.2, -0.15) is 0 Å². The zero-order chi connectivity index (χ0) is 12.5. The van der Waals surface area contributed by atoms with Gasteiger partial charge in [0.15, 0.2) is 0 Å². The number of carbonyl (C=O) groups is 1. The van der Waals surface area contributed by atoms with Crippen molar-refractivity contribution < 1.29 is 4.79 Å². The molecule has 0 atom stereocenters. The molecule has 7 nitrogen and oxygen atoms in total. The fraction of sp³-hybridized carbons (Fsp3) is 0. The van der Waals surface area contributed by atoms with Gasteiger partial charge in [-0.1, -0.05) is 23.5 Å². The fourth-order valence-corrected chi connectivity index (χ4v) is 2.00. The molecule has 2 heterocycles. The van der Waals surface area contributed by atoms with Gasteiger partial charge in [0.2, 0.25) is 16.1 Å². The van der Waals surface area contributed by atoms with Crippen molar-refractivity contribution in [2.75, 3.05) is 11.1 Å². The van der Waals surface area contributed by atoms with Crippen LogP contribution >= 0.6 is 11.3 Å². The molecular weight excluding hydrogens is 252 g/mol. The fourth-order valence-electron chi connectivity index (χ4n) is 1.50. The van der Waals surface area contributed by atoms with Crippen molar-refractivity contribution in [3.63, 3.8) is 0 Å². The van der Waals surface area contributed by atoms with E-state index in [9.17, 15) is 4.79 Å². The number of hydrogen-bond acceptors (Lipinski definition) is 6. The molecule has 0 fully saturated rings. The summed E-state index contributed by atoms with van der Waals surface area (Å²) in [5, 5.41) is 10.3. The van der Waals surface area contributed by atoms with Gasteiger partial charge in [-0.15, -0.1) is 10.2 Å². The highest BCUT2D eigenvalue weighted by molar-refractivity contribution is 7.16. The highest BCUT2D eigenvalue weighted by Gasteiger charge is 2.13. The monoisotopic (exact) mass is 260 g/mol. The minimum absolute atomic E-state index is 0.202. The maximum atomic E-state index is 11.8. The second-order valence-corrected chi connectivity index (χ2v) is 4.51. The van der Waals surface area contributed by atoms with Gasteiger partial charge in [0, 0.05) is 0 Å². The molecule has 18 heavy (non-hydrogen) atoms. The number of carbonyl (C=O) groups excluding carboxylic acids is 1. The first-order chi connectivity index (χ1) is 8.72. The first-order valence-corrected chi connectivity index (χ1v) is 5.89. The van der Waals surface area contributed by atoms with E-state index in [1.54, 1.807) is 0 Å². The van der Waals surface area contributed by atoms with Crippen molar-refractivity contribution in [1.82, 2.24) is 20.2 Å². The lowest BCUT2D eigenvalue weighted by molar-refractivity contribution is 0.102. The van der Waals surface area contributed by atoms with Crippen LogP contribution in [0.15, 0.2) is 24.3 Å². The molecular formula is C10H8N6OS. The molecule has 8 heteroatoms. The number of imidazole rings is 1. The van der Waals surface area contributed by atoms with Gasteiger partial charge in [-0.05, 0) is 12.1 Å². The van der Waals surface area contributed by atoms with E-state index in [-0.39, 0.29) is 16.0 Å². The molecule has 3 rings (SSSR count). The number of benzene rings is 1. The Balaban J connectivity index is 1.86. The van der Waals surface area contributed by atoms with E-state index in [1.165, 1.54) is 0 Å². The van der Waals surface area contributed by atoms with Crippen molar-refractivity contribution in [1.29, 1.82) is 0 Å². The van der Waals surface area contributed by atoms with Crippen LogP contribution in [0.2, 0.25) is 0 Å². The Labute approximate surface area is 105 Å². The molecule has 0 saturated heterocycles. The lowest BCUT2D eigenvalue weighted by Crippen LogP contribution is -2.12. The van der Waals surface area contributed by atoms with Gasteiger partial charge in [0.25, 0.3) is 5.91 Å². The standard InChI is InChI=1S/C10H8N6OS/c11-9-16-15-8(18-9)7(17)14-10-12-5-3-1-2-4-6(5)13-10/h1-4H,(H2,11,16)(H2,12,13,14,17). The number of fused-ring (bicyclic) bond motifs is 1. The van der Waals surface area contributed by atoms with E-state index >= 15 is 0 Å². The van der Waals surface area contributed by atoms with Crippen molar-refractivity contribution >= 4 is 39.4 Å². The van der Waals surface area contributed by atoms with Crippen molar-refractivity contribution in [2.24, 2.45) is 0 Å². The van der Waals surface area contributed by atoms with Crippen molar-refractivity contribution in [2.45, 2.75) is 0 Å². The number of para-hydroxylation sites is 2. The molecule has 90 valence electrons. The van der Waals surface area contributed by atoms with Crippen molar-refractivity contribution in [3.05, 3.63) is 29.3 Å². The van der Waals surface area contributed by atoms with E-state index in [4.69, 9.17) is 5.73 Å². The molecule has 0 aliphatic carbocycles. The van der Waals surface area contributed by atoms with Gasteiger partial charge in [0.1, 0.15) is 0 Å². The summed E-state index contributed by atoms with van der Waals surface area (Å²) >= 11 is 1.02. The lowest BCUT2D eigenvalue weighted by Gasteiger charge is -1.95.